The molecule has 0 aliphatic heterocycles. The molecule has 0 fully saturated rings. The molecule has 2 aromatic heterocycles. The Morgan fingerprint density at radius 1 is 1.47 bits per heavy atom. The molecule has 0 unspecified atom stereocenters. The molecule has 0 aliphatic rings. The van der Waals surface area contributed by atoms with Gasteiger partial charge < -0.3 is 4.98 Å². The predicted octanol–water partition coefficient (Wildman–Crippen LogP) is 1.65. The van der Waals surface area contributed by atoms with Crippen molar-refractivity contribution in [2.24, 2.45) is 0 Å². The highest BCUT2D eigenvalue weighted by Gasteiger charge is 2.15. The zero-order valence-electron chi connectivity index (χ0n) is 8.68. The molecule has 2 aromatic rings. The number of thiophene rings is 1. The van der Waals surface area contributed by atoms with Crippen molar-refractivity contribution in [2.75, 3.05) is 6.54 Å². The fraction of sp³-hybridized carbons (Fsp3) is 0.222. The SMILES string of the molecule is O=S(=O)(NCCc1cnc[nH]1)c1ccc(Cl)s1. The minimum Gasteiger partial charge on any atom is -0.348 e. The number of aromatic nitrogens is 2. The van der Waals surface area contributed by atoms with Gasteiger partial charge in [0.2, 0.25) is 10.0 Å². The van der Waals surface area contributed by atoms with Crippen LogP contribution in [-0.4, -0.2) is 24.9 Å². The topological polar surface area (TPSA) is 74.8 Å². The van der Waals surface area contributed by atoms with Crippen molar-refractivity contribution in [3.05, 3.63) is 34.7 Å². The molecule has 92 valence electrons. The molecule has 5 nitrogen and oxygen atoms in total. The van der Waals surface area contributed by atoms with Crippen LogP contribution in [0.4, 0.5) is 0 Å². The minimum atomic E-state index is -3.44. The molecule has 0 saturated carbocycles. The Hall–Kier alpha value is -0.890. The van der Waals surface area contributed by atoms with Crippen LogP contribution < -0.4 is 4.72 Å². The van der Waals surface area contributed by atoms with Gasteiger partial charge in [0.1, 0.15) is 4.21 Å². The Labute approximate surface area is 108 Å². The van der Waals surface area contributed by atoms with E-state index in [1.54, 1.807) is 18.6 Å². The van der Waals surface area contributed by atoms with Gasteiger partial charge in [0.15, 0.2) is 0 Å². The van der Waals surface area contributed by atoms with Gasteiger partial charge in [0.05, 0.1) is 10.7 Å². The number of H-pyrrole nitrogens is 1. The molecule has 2 rings (SSSR count). The maximum Gasteiger partial charge on any atom is 0.250 e. The first-order valence-electron chi connectivity index (χ1n) is 4.80. The number of imidazole rings is 1. The molecule has 2 N–H and O–H groups in total. The van der Waals surface area contributed by atoms with E-state index in [1.807, 2.05) is 0 Å². The van der Waals surface area contributed by atoms with Crippen LogP contribution in [0.5, 0.6) is 0 Å². The lowest BCUT2D eigenvalue weighted by atomic mass is 10.3. The van der Waals surface area contributed by atoms with Gasteiger partial charge in [-0.3, -0.25) is 0 Å². The van der Waals surface area contributed by atoms with Crippen LogP contribution >= 0.6 is 22.9 Å². The van der Waals surface area contributed by atoms with E-state index in [0.29, 0.717) is 17.3 Å². The molecule has 0 spiro atoms. The summed E-state index contributed by atoms with van der Waals surface area (Å²) in [5.74, 6) is 0. The Kier molecular flexibility index (Phi) is 3.82. The summed E-state index contributed by atoms with van der Waals surface area (Å²) in [5, 5.41) is 0. The molecule has 0 saturated heterocycles. The molecule has 8 heteroatoms. The van der Waals surface area contributed by atoms with Gasteiger partial charge in [0, 0.05) is 24.9 Å². The number of sulfonamides is 1. The molecule has 0 aliphatic carbocycles. The number of hydrogen-bond donors (Lipinski definition) is 2. The Balaban J connectivity index is 1.94. The summed E-state index contributed by atoms with van der Waals surface area (Å²) in [7, 11) is -3.44. The van der Waals surface area contributed by atoms with Crippen molar-refractivity contribution in [1.82, 2.24) is 14.7 Å². The lowest BCUT2D eigenvalue weighted by molar-refractivity contribution is 0.583. The van der Waals surface area contributed by atoms with Crippen molar-refractivity contribution in [1.29, 1.82) is 0 Å². The van der Waals surface area contributed by atoms with Gasteiger partial charge in [-0.1, -0.05) is 11.6 Å². The molecular weight excluding hydrogens is 282 g/mol. The first kappa shape index (κ1) is 12.6. The van der Waals surface area contributed by atoms with Crippen molar-refractivity contribution >= 4 is 33.0 Å². The Morgan fingerprint density at radius 3 is 2.88 bits per heavy atom. The van der Waals surface area contributed by atoms with E-state index in [1.165, 1.54) is 6.07 Å². The van der Waals surface area contributed by atoms with Gasteiger partial charge in [-0.2, -0.15) is 0 Å². The fourth-order valence-corrected chi connectivity index (χ4v) is 3.81. The summed E-state index contributed by atoms with van der Waals surface area (Å²) in [5.41, 5.74) is 0.886. The van der Waals surface area contributed by atoms with Crippen LogP contribution in [0.1, 0.15) is 5.69 Å². The number of halogens is 1. The maximum atomic E-state index is 11.8. The summed E-state index contributed by atoms with van der Waals surface area (Å²) in [6.45, 7) is 0.319. The minimum absolute atomic E-state index is 0.229. The summed E-state index contributed by atoms with van der Waals surface area (Å²) in [6, 6.07) is 3.06. The first-order chi connectivity index (χ1) is 8.08. The largest absolute Gasteiger partial charge is 0.348 e. The van der Waals surface area contributed by atoms with E-state index in [2.05, 4.69) is 14.7 Å². The molecule has 0 amide bonds. The van der Waals surface area contributed by atoms with Crippen LogP contribution in [0.15, 0.2) is 28.9 Å². The van der Waals surface area contributed by atoms with Gasteiger partial charge >= 0.3 is 0 Å². The van der Waals surface area contributed by atoms with Crippen molar-refractivity contribution in [3.8, 4) is 0 Å². The van der Waals surface area contributed by atoms with E-state index in [0.717, 1.165) is 17.0 Å². The Bertz CT molecular complexity index is 577. The number of nitrogens with one attached hydrogen (secondary N) is 2. The smallest absolute Gasteiger partial charge is 0.250 e. The van der Waals surface area contributed by atoms with E-state index in [-0.39, 0.29) is 4.21 Å². The van der Waals surface area contributed by atoms with Crippen molar-refractivity contribution < 1.29 is 8.42 Å². The normalized spacial score (nSPS) is 11.8. The van der Waals surface area contributed by atoms with Crippen LogP contribution in [0.2, 0.25) is 4.34 Å². The van der Waals surface area contributed by atoms with Gasteiger partial charge in [-0.15, -0.1) is 11.3 Å². The average Bonchev–Trinajstić information content (AvgIpc) is 2.89. The summed E-state index contributed by atoms with van der Waals surface area (Å²) < 4.78 is 26.8. The van der Waals surface area contributed by atoms with Gasteiger partial charge in [-0.05, 0) is 12.1 Å². The monoisotopic (exact) mass is 291 g/mol. The lowest BCUT2D eigenvalue weighted by Crippen LogP contribution is -2.25. The molecule has 2 heterocycles. The van der Waals surface area contributed by atoms with Gasteiger partial charge in [-0.25, -0.2) is 18.1 Å². The second-order valence-electron chi connectivity index (χ2n) is 3.28. The number of aromatic amines is 1. The molecule has 0 aromatic carbocycles. The summed E-state index contributed by atoms with van der Waals surface area (Å²) >= 11 is 6.73. The predicted molar refractivity (Wildman–Crippen MR) is 66.8 cm³/mol. The van der Waals surface area contributed by atoms with Crippen molar-refractivity contribution in [3.63, 3.8) is 0 Å². The second kappa shape index (κ2) is 5.18. The van der Waals surface area contributed by atoms with Crippen LogP contribution in [0, 0.1) is 0 Å². The molecule has 0 atom stereocenters. The number of nitrogens with zero attached hydrogens (tertiary/aromatic N) is 1. The Morgan fingerprint density at radius 2 is 2.29 bits per heavy atom. The third-order valence-electron chi connectivity index (χ3n) is 2.05. The third kappa shape index (κ3) is 3.29. The average molecular weight is 292 g/mol. The van der Waals surface area contributed by atoms with Crippen LogP contribution in [0.25, 0.3) is 0 Å². The van der Waals surface area contributed by atoms with Crippen LogP contribution in [-0.2, 0) is 16.4 Å². The molecule has 0 bridgehead atoms. The van der Waals surface area contributed by atoms with Crippen molar-refractivity contribution in [2.45, 2.75) is 10.6 Å². The van der Waals surface area contributed by atoms with E-state index in [9.17, 15) is 8.42 Å². The number of hydrogen-bond acceptors (Lipinski definition) is 4. The molecule has 0 radical (unpaired) electrons. The van der Waals surface area contributed by atoms with Gasteiger partial charge in [0.25, 0.3) is 0 Å². The maximum absolute atomic E-state index is 11.8. The van der Waals surface area contributed by atoms with Crippen LogP contribution in [0.3, 0.4) is 0 Å². The highest BCUT2D eigenvalue weighted by atomic mass is 35.5. The highest BCUT2D eigenvalue weighted by molar-refractivity contribution is 7.91. The first-order valence-corrected chi connectivity index (χ1v) is 7.48. The zero-order chi connectivity index (χ0) is 12.3. The van der Waals surface area contributed by atoms with E-state index < -0.39 is 10.0 Å². The second-order valence-corrected chi connectivity index (χ2v) is 6.99. The zero-order valence-corrected chi connectivity index (χ0v) is 11.1. The fourth-order valence-electron chi connectivity index (χ4n) is 1.25. The lowest BCUT2D eigenvalue weighted by Gasteiger charge is -2.03. The summed E-state index contributed by atoms with van der Waals surface area (Å²) in [6.07, 6.45) is 3.79. The molecule has 17 heavy (non-hydrogen) atoms. The third-order valence-corrected chi connectivity index (χ3v) is 5.24. The number of rotatable bonds is 5. The van der Waals surface area contributed by atoms with E-state index in [4.69, 9.17) is 11.6 Å². The summed E-state index contributed by atoms with van der Waals surface area (Å²) in [4.78, 5) is 6.75. The molecular formula is C9H10ClN3O2S2. The standard InChI is InChI=1S/C9H10ClN3O2S2/c10-8-1-2-9(16-8)17(14,15)13-4-3-7-5-11-6-12-7/h1-2,5-6,13H,3-4H2,(H,11,12). The quantitative estimate of drug-likeness (QED) is 0.879. The van der Waals surface area contributed by atoms with E-state index >= 15 is 0 Å². The highest BCUT2D eigenvalue weighted by Crippen LogP contribution is 2.25.